The van der Waals surface area contributed by atoms with Gasteiger partial charge in [-0.15, -0.1) is 0 Å². The first kappa shape index (κ1) is 11.4. The third-order valence-corrected chi connectivity index (χ3v) is 2.51. The van der Waals surface area contributed by atoms with Crippen molar-refractivity contribution in [3.05, 3.63) is 23.8 Å². The van der Waals surface area contributed by atoms with Gasteiger partial charge in [-0.3, -0.25) is 4.79 Å². The van der Waals surface area contributed by atoms with E-state index in [1.807, 2.05) is 24.3 Å². The lowest BCUT2D eigenvalue weighted by atomic mass is 10.1. The molecule has 5 heteroatoms. The molecule has 0 saturated heterocycles. The topological polar surface area (TPSA) is 74.2 Å². The van der Waals surface area contributed by atoms with Crippen LogP contribution >= 0.6 is 0 Å². The van der Waals surface area contributed by atoms with Crippen molar-refractivity contribution in [2.45, 2.75) is 19.6 Å². The van der Waals surface area contributed by atoms with Crippen LogP contribution in [0.5, 0.6) is 5.75 Å². The van der Waals surface area contributed by atoms with Crippen LogP contribution in [0.4, 0.5) is 5.69 Å². The number of carbonyl (C=O) groups excluding carboxylic acids is 1. The number of nitrogens with one attached hydrogen (secondary N) is 2. The van der Waals surface area contributed by atoms with Gasteiger partial charge in [0.05, 0.1) is 18.3 Å². The first-order chi connectivity index (χ1) is 8.20. The SMILES string of the molecule is CC1Oc2ccc(CNCC#N)cc2NC1=O. The van der Waals surface area contributed by atoms with Crippen molar-refractivity contribution in [3.63, 3.8) is 0 Å². The zero-order valence-electron chi connectivity index (χ0n) is 9.49. The zero-order chi connectivity index (χ0) is 12.3. The van der Waals surface area contributed by atoms with Gasteiger partial charge in [0, 0.05) is 6.54 Å². The number of carbonyl (C=O) groups is 1. The molecule has 1 heterocycles. The Balaban J connectivity index is 2.12. The molecule has 0 saturated carbocycles. The lowest BCUT2D eigenvalue weighted by molar-refractivity contribution is -0.122. The summed E-state index contributed by atoms with van der Waals surface area (Å²) in [5.41, 5.74) is 1.68. The smallest absolute Gasteiger partial charge is 0.265 e. The molecule has 1 aromatic rings. The van der Waals surface area contributed by atoms with Gasteiger partial charge in [-0.2, -0.15) is 5.26 Å². The molecular weight excluding hydrogens is 218 g/mol. The summed E-state index contributed by atoms with van der Waals surface area (Å²) in [4.78, 5) is 11.4. The predicted octanol–water partition coefficient (Wildman–Crippen LogP) is 1.02. The average molecular weight is 231 g/mol. The fourth-order valence-electron chi connectivity index (χ4n) is 1.63. The molecule has 1 atom stereocenters. The van der Waals surface area contributed by atoms with E-state index in [0.29, 0.717) is 24.5 Å². The number of hydrogen-bond acceptors (Lipinski definition) is 4. The van der Waals surface area contributed by atoms with E-state index in [1.54, 1.807) is 6.92 Å². The van der Waals surface area contributed by atoms with Gasteiger partial charge >= 0.3 is 0 Å². The molecule has 0 bridgehead atoms. The first-order valence-electron chi connectivity index (χ1n) is 5.39. The summed E-state index contributed by atoms with van der Waals surface area (Å²) in [7, 11) is 0. The van der Waals surface area contributed by atoms with E-state index in [0.717, 1.165) is 5.56 Å². The Morgan fingerprint density at radius 2 is 2.41 bits per heavy atom. The van der Waals surface area contributed by atoms with Crippen molar-refractivity contribution in [1.29, 1.82) is 5.26 Å². The monoisotopic (exact) mass is 231 g/mol. The Labute approximate surface area is 99.4 Å². The highest BCUT2D eigenvalue weighted by Crippen LogP contribution is 2.30. The third-order valence-electron chi connectivity index (χ3n) is 2.51. The summed E-state index contributed by atoms with van der Waals surface area (Å²) in [5, 5.41) is 14.2. The Kier molecular flexibility index (Phi) is 3.26. The molecule has 2 N–H and O–H groups in total. The second kappa shape index (κ2) is 4.85. The van der Waals surface area contributed by atoms with E-state index in [-0.39, 0.29) is 5.91 Å². The Morgan fingerprint density at radius 1 is 1.59 bits per heavy atom. The maximum Gasteiger partial charge on any atom is 0.265 e. The van der Waals surface area contributed by atoms with E-state index in [1.165, 1.54) is 0 Å². The van der Waals surface area contributed by atoms with Gasteiger partial charge in [-0.25, -0.2) is 0 Å². The quantitative estimate of drug-likeness (QED) is 0.601. The number of fused-ring (bicyclic) bond motifs is 1. The molecule has 1 amide bonds. The molecule has 1 unspecified atom stereocenters. The molecule has 17 heavy (non-hydrogen) atoms. The Morgan fingerprint density at radius 3 is 3.18 bits per heavy atom. The van der Waals surface area contributed by atoms with Crippen molar-refractivity contribution >= 4 is 11.6 Å². The fraction of sp³-hybridized carbons (Fsp3) is 0.333. The molecule has 2 rings (SSSR count). The molecule has 0 aromatic heterocycles. The minimum absolute atomic E-state index is 0.139. The number of rotatable bonds is 3. The summed E-state index contributed by atoms with van der Waals surface area (Å²) >= 11 is 0. The highest BCUT2D eigenvalue weighted by atomic mass is 16.5. The average Bonchev–Trinajstić information content (AvgIpc) is 2.31. The maximum atomic E-state index is 11.4. The van der Waals surface area contributed by atoms with Crippen LogP contribution in [0.25, 0.3) is 0 Å². The number of hydrogen-bond donors (Lipinski definition) is 2. The maximum absolute atomic E-state index is 11.4. The molecule has 0 aliphatic carbocycles. The summed E-state index contributed by atoms with van der Waals surface area (Å²) < 4.78 is 5.44. The fourth-order valence-corrected chi connectivity index (χ4v) is 1.63. The summed E-state index contributed by atoms with van der Waals surface area (Å²) in [6, 6.07) is 7.60. The van der Waals surface area contributed by atoms with Gasteiger partial charge in [-0.05, 0) is 24.6 Å². The summed E-state index contributed by atoms with van der Waals surface area (Å²) in [6.45, 7) is 2.60. The standard InChI is InChI=1S/C12H13N3O2/c1-8-12(16)15-10-6-9(7-14-5-4-13)2-3-11(10)17-8/h2-3,6,8,14H,5,7H2,1H3,(H,15,16). The lowest BCUT2D eigenvalue weighted by Gasteiger charge is -2.23. The van der Waals surface area contributed by atoms with E-state index >= 15 is 0 Å². The zero-order valence-corrected chi connectivity index (χ0v) is 9.49. The second-order valence-electron chi connectivity index (χ2n) is 3.84. The van der Waals surface area contributed by atoms with E-state index in [2.05, 4.69) is 10.6 Å². The predicted molar refractivity (Wildman–Crippen MR) is 62.5 cm³/mol. The number of anilines is 1. The van der Waals surface area contributed by atoms with Crippen LogP contribution in [0.1, 0.15) is 12.5 Å². The lowest BCUT2D eigenvalue weighted by Crippen LogP contribution is -2.34. The summed E-state index contributed by atoms with van der Waals surface area (Å²) in [6.07, 6.45) is -0.454. The molecule has 88 valence electrons. The van der Waals surface area contributed by atoms with Gasteiger partial charge in [0.2, 0.25) is 0 Å². The van der Waals surface area contributed by atoms with E-state index < -0.39 is 6.10 Å². The Bertz CT molecular complexity index is 479. The molecule has 1 aliphatic heterocycles. The van der Waals surface area contributed by atoms with Gasteiger partial charge in [0.1, 0.15) is 5.75 Å². The number of nitriles is 1. The van der Waals surface area contributed by atoms with Crippen LogP contribution in [0, 0.1) is 11.3 Å². The molecule has 1 aliphatic rings. The second-order valence-corrected chi connectivity index (χ2v) is 3.84. The summed E-state index contributed by atoms with van der Waals surface area (Å²) in [5.74, 6) is 0.542. The van der Waals surface area contributed by atoms with Crippen LogP contribution in [-0.4, -0.2) is 18.6 Å². The van der Waals surface area contributed by atoms with E-state index in [4.69, 9.17) is 10.00 Å². The number of ether oxygens (including phenoxy) is 1. The van der Waals surface area contributed by atoms with Crippen LogP contribution in [-0.2, 0) is 11.3 Å². The van der Waals surface area contributed by atoms with Crippen molar-refractivity contribution in [1.82, 2.24) is 5.32 Å². The molecular formula is C12H13N3O2. The van der Waals surface area contributed by atoms with Crippen molar-refractivity contribution in [2.24, 2.45) is 0 Å². The van der Waals surface area contributed by atoms with Crippen LogP contribution in [0.2, 0.25) is 0 Å². The largest absolute Gasteiger partial charge is 0.479 e. The van der Waals surface area contributed by atoms with Crippen molar-refractivity contribution in [2.75, 3.05) is 11.9 Å². The van der Waals surface area contributed by atoms with Crippen LogP contribution in [0.3, 0.4) is 0 Å². The van der Waals surface area contributed by atoms with E-state index in [9.17, 15) is 4.79 Å². The highest BCUT2D eigenvalue weighted by molar-refractivity contribution is 5.97. The highest BCUT2D eigenvalue weighted by Gasteiger charge is 2.23. The van der Waals surface area contributed by atoms with Crippen LogP contribution in [0.15, 0.2) is 18.2 Å². The van der Waals surface area contributed by atoms with Gasteiger partial charge < -0.3 is 15.4 Å². The van der Waals surface area contributed by atoms with Gasteiger partial charge in [0.25, 0.3) is 5.91 Å². The number of nitrogens with zero attached hydrogens (tertiary/aromatic N) is 1. The first-order valence-corrected chi connectivity index (χ1v) is 5.39. The molecule has 0 radical (unpaired) electrons. The Hall–Kier alpha value is -2.06. The van der Waals surface area contributed by atoms with Gasteiger partial charge in [-0.1, -0.05) is 6.07 Å². The van der Waals surface area contributed by atoms with Crippen molar-refractivity contribution in [3.8, 4) is 11.8 Å². The number of amides is 1. The van der Waals surface area contributed by atoms with Crippen molar-refractivity contribution < 1.29 is 9.53 Å². The molecule has 5 nitrogen and oxygen atoms in total. The molecule has 0 spiro atoms. The van der Waals surface area contributed by atoms with Gasteiger partial charge in [0.15, 0.2) is 6.10 Å². The minimum atomic E-state index is -0.454. The molecule has 0 fully saturated rings. The minimum Gasteiger partial charge on any atom is -0.479 e. The normalized spacial score (nSPS) is 17.6. The molecule has 1 aromatic carbocycles. The third kappa shape index (κ3) is 2.55. The number of benzene rings is 1. The van der Waals surface area contributed by atoms with Crippen LogP contribution < -0.4 is 15.4 Å².